The average molecular weight is 247 g/mol. The first-order valence-corrected chi connectivity index (χ1v) is 5.43. The number of anilines is 1. The molecule has 0 saturated heterocycles. The largest absolute Gasteiger partial charge is 0.481 e. The predicted octanol–water partition coefficient (Wildman–Crippen LogP) is 1.24. The standard InChI is InChI=1S/C9H10FNO4S/c10-7-2-1-3-8(6-7)11(16(14)15)5-4-9(12)13/h1-3,6H,4-5H2,(H,12,13)(H,14,15). The molecule has 0 amide bonds. The van der Waals surface area contributed by atoms with Gasteiger partial charge in [-0.2, -0.15) is 0 Å². The van der Waals surface area contributed by atoms with Gasteiger partial charge in [0.1, 0.15) is 5.82 Å². The third-order valence-electron chi connectivity index (χ3n) is 1.81. The van der Waals surface area contributed by atoms with E-state index in [0.29, 0.717) is 0 Å². The molecule has 1 rings (SSSR count). The second-order valence-electron chi connectivity index (χ2n) is 2.96. The van der Waals surface area contributed by atoms with Gasteiger partial charge < -0.3 is 5.11 Å². The molecule has 0 aliphatic heterocycles. The third-order valence-corrected chi connectivity index (χ3v) is 2.58. The summed E-state index contributed by atoms with van der Waals surface area (Å²) in [6.45, 7) is -0.165. The molecule has 0 aliphatic carbocycles. The van der Waals surface area contributed by atoms with Crippen molar-refractivity contribution in [3.8, 4) is 0 Å². The van der Waals surface area contributed by atoms with E-state index in [1.807, 2.05) is 0 Å². The molecule has 5 nitrogen and oxygen atoms in total. The molecule has 0 heterocycles. The van der Waals surface area contributed by atoms with Crippen LogP contribution in [0.1, 0.15) is 6.42 Å². The highest BCUT2D eigenvalue weighted by atomic mass is 32.2. The summed E-state index contributed by atoms with van der Waals surface area (Å²) in [7, 11) is 0. The number of hydrogen-bond acceptors (Lipinski definition) is 2. The molecule has 1 aromatic carbocycles. The van der Waals surface area contributed by atoms with Crippen molar-refractivity contribution in [2.45, 2.75) is 6.42 Å². The minimum Gasteiger partial charge on any atom is -0.481 e. The number of nitrogens with zero attached hydrogens (tertiary/aromatic N) is 1. The summed E-state index contributed by atoms with van der Waals surface area (Å²) >= 11 is -2.38. The van der Waals surface area contributed by atoms with Crippen molar-refractivity contribution in [1.29, 1.82) is 0 Å². The second-order valence-corrected chi connectivity index (χ2v) is 3.86. The van der Waals surface area contributed by atoms with Crippen LogP contribution in [-0.2, 0) is 16.1 Å². The van der Waals surface area contributed by atoms with E-state index in [2.05, 4.69) is 0 Å². The Kier molecular flexibility index (Phi) is 4.39. The minimum absolute atomic E-state index is 0.165. The van der Waals surface area contributed by atoms with Gasteiger partial charge in [0.05, 0.1) is 12.1 Å². The number of halogens is 1. The van der Waals surface area contributed by atoms with E-state index in [1.54, 1.807) is 0 Å². The number of carboxylic acids is 1. The molecule has 88 valence electrons. The van der Waals surface area contributed by atoms with Crippen LogP contribution in [0.25, 0.3) is 0 Å². The lowest BCUT2D eigenvalue weighted by Crippen LogP contribution is -2.27. The van der Waals surface area contributed by atoms with Crippen molar-refractivity contribution in [3.63, 3.8) is 0 Å². The molecule has 0 aromatic heterocycles. The predicted molar refractivity (Wildman–Crippen MR) is 56.8 cm³/mol. The van der Waals surface area contributed by atoms with Gasteiger partial charge in [-0.25, -0.2) is 8.60 Å². The fourth-order valence-electron chi connectivity index (χ4n) is 1.13. The summed E-state index contributed by atoms with van der Waals surface area (Å²) in [4.78, 5) is 10.3. The number of hydrogen-bond donors (Lipinski definition) is 2. The van der Waals surface area contributed by atoms with E-state index < -0.39 is 23.1 Å². The van der Waals surface area contributed by atoms with Crippen molar-refractivity contribution in [3.05, 3.63) is 30.1 Å². The fraction of sp³-hybridized carbons (Fsp3) is 0.222. The van der Waals surface area contributed by atoms with Crippen molar-refractivity contribution >= 4 is 22.9 Å². The maximum Gasteiger partial charge on any atom is 0.305 e. The summed E-state index contributed by atoms with van der Waals surface area (Å²) in [5.74, 6) is -1.64. The normalized spacial score (nSPS) is 12.1. The molecule has 0 spiro atoms. The molecule has 1 unspecified atom stereocenters. The third kappa shape index (κ3) is 3.59. The van der Waals surface area contributed by atoms with Crippen molar-refractivity contribution < 1.29 is 23.1 Å². The summed E-state index contributed by atoms with van der Waals surface area (Å²) < 4.78 is 33.7. The second kappa shape index (κ2) is 5.57. The Morgan fingerprint density at radius 1 is 1.50 bits per heavy atom. The van der Waals surface area contributed by atoms with Crippen molar-refractivity contribution in [2.75, 3.05) is 10.8 Å². The molecule has 0 saturated carbocycles. The van der Waals surface area contributed by atoms with Crippen LogP contribution in [0, 0.1) is 5.82 Å². The van der Waals surface area contributed by atoms with Gasteiger partial charge in [-0.3, -0.25) is 13.7 Å². The topological polar surface area (TPSA) is 77.8 Å². The number of carbonyl (C=O) groups is 1. The summed E-state index contributed by atoms with van der Waals surface area (Å²) in [6, 6.07) is 5.07. The van der Waals surface area contributed by atoms with E-state index in [1.165, 1.54) is 18.2 Å². The van der Waals surface area contributed by atoms with Gasteiger partial charge in [-0.1, -0.05) is 6.07 Å². The quantitative estimate of drug-likeness (QED) is 0.767. The van der Waals surface area contributed by atoms with E-state index >= 15 is 0 Å². The highest BCUT2D eigenvalue weighted by molar-refractivity contribution is 7.80. The Labute approximate surface area is 93.9 Å². The van der Waals surface area contributed by atoms with Crippen LogP contribution in [0.5, 0.6) is 0 Å². The minimum atomic E-state index is -2.38. The average Bonchev–Trinajstić information content (AvgIpc) is 2.17. The lowest BCUT2D eigenvalue weighted by Gasteiger charge is -2.18. The van der Waals surface area contributed by atoms with Crippen LogP contribution in [0.2, 0.25) is 0 Å². The van der Waals surface area contributed by atoms with Gasteiger partial charge in [-0.15, -0.1) is 0 Å². The number of carboxylic acid groups (broad SMARTS) is 1. The molecule has 0 radical (unpaired) electrons. The van der Waals surface area contributed by atoms with E-state index in [4.69, 9.17) is 9.66 Å². The Bertz CT molecular complexity index is 412. The first kappa shape index (κ1) is 12.6. The molecule has 0 bridgehead atoms. The highest BCUT2D eigenvalue weighted by Gasteiger charge is 2.14. The smallest absolute Gasteiger partial charge is 0.305 e. The highest BCUT2D eigenvalue weighted by Crippen LogP contribution is 2.17. The monoisotopic (exact) mass is 247 g/mol. The number of benzene rings is 1. The van der Waals surface area contributed by atoms with Gasteiger partial charge in [0.2, 0.25) is 0 Å². The first-order valence-electron chi connectivity index (χ1n) is 4.36. The molecule has 2 N–H and O–H groups in total. The zero-order valence-electron chi connectivity index (χ0n) is 8.17. The first-order chi connectivity index (χ1) is 7.50. The fourth-order valence-corrected chi connectivity index (χ4v) is 1.67. The molecule has 7 heteroatoms. The van der Waals surface area contributed by atoms with Crippen LogP contribution in [0.3, 0.4) is 0 Å². The molecule has 0 fully saturated rings. The summed E-state index contributed by atoms with van der Waals surface area (Å²) in [5.41, 5.74) is 0.169. The van der Waals surface area contributed by atoms with Crippen molar-refractivity contribution in [1.82, 2.24) is 0 Å². The van der Waals surface area contributed by atoms with E-state index in [9.17, 15) is 13.4 Å². The van der Waals surface area contributed by atoms with Crippen LogP contribution in [-0.4, -0.2) is 26.4 Å². The maximum absolute atomic E-state index is 12.9. The van der Waals surface area contributed by atoms with E-state index in [-0.39, 0.29) is 18.7 Å². The summed E-state index contributed by atoms with van der Waals surface area (Å²) in [6.07, 6.45) is -0.303. The Hall–Kier alpha value is -1.47. The van der Waals surface area contributed by atoms with Gasteiger partial charge >= 0.3 is 5.97 Å². The lowest BCUT2D eigenvalue weighted by molar-refractivity contribution is -0.136. The number of rotatable bonds is 5. The van der Waals surface area contributed by atoms with Crippen molar-refractivity contribution in [2.24, 2.45) is 0 Å². The Morgan fingerprint density at radius 3 is 2.69 bits per heavy atom. The zero-order valence-corrected chi connectivity index (χ0v) is 8.98. The van der Waals surface area contributed by atoms with Crippen LogP contribution in [0.4, 0.5) is 10.1 Å². The molecular formula is C9H10FNO4S. The Morgan fingerprint density at radius 2 is 2.19 bits per heavy atom. The molecule has 0 aliphatic rings. The van der Waals surface area contributed by atoms with Crippen LogP contribution in [0.15, 0.2) is 24.3 Å². The number of aliphatic carboxylic acids is 1. The van der Waals surface area contributed by atoms with Crippen LogP contribution < -0.4 is 4.31 Å². The maximum atomic E-state index is 12.9. The Balaban J connectivity index is 2.85. The summed E-state index contributed by atoms with van der Waals surface area (Å²) in [5, 5.41) is 8.46. The van der Waals surface area contributed by atoms with Gasteiger partial charge in [0.15, 0.2) is 0 Å². The van der Waals surface area contributed by atoms with Gasteiger partial charge in [0.25, 0.3) is 11.3 Å². The molecule has 1 aromatic rings. The SMILES string of the molecule is O=C(O)CCN(c1cccc(F)c1)S(=O)O. The molecule has 16 heavy (non-hydrogen) atoms. The van der Waals surface area contributed by atoms with Gasteiger partial charge in [-0.05, 0) is 18.2 Å². The molecular weight excluding hydrogens is 237 g/mol. The molecule has 1 atom stereocenters. The van der Waals surface area contributed by atoms with Crippen LogP contribution >= 0.6 is 0 Å². The van der Waals surface area contributed by atoms with E-state index in [0.717, 1.165) is 10.4 Å². The van der Waals surface area contributed by atoms with Gasteiger partial charge in [0, 0.05) is 6.54 Å². The lowest BCUT2D eigenvalue weighted by atomic mass is 10.3. The zero-order chi connectivity index (χ0) is 12.1.